The summed E-state index contributed by atoms with van der Waals surface area (Å²) in [6, 6.07) is 34.8. The first-order valence-corrected chi connectivity index (χ1v) is 12.5. The molecule has 5 rings (SSSR count). The minimum absolute atomic E-state index is 0.161. The van der Waals surface area contributed by atoms with E-state index in [1.165, 1.54) is 0 Å². The quantitative estimate of drug-likeness (QED) is 0.370. The van der Waals surface area contributed by atoms with Crippen molar-refractivity contribution < 1.29 is 14.0 Å². The Morgan fingerprint density at radius 3 is 1.97 bits per heavy atom. The molecule has 0 fully saturated rings. The van der Waals surface area contributed by atoms with Gasteiger partial charge in [0.25, 0.3) is 0 Å². The van der Waals surface area contributed by atoms with E-state index in [4.69, 9.17) is 14.2 Å². The first-order valence-electron chi connectivity index (χ1n) is 10.9. The highest BCUT2D eigenvalue weighted by atomic mass is 31.2. The Labute approximate surface area is 194 Å². The molecule has 0 aliphatic carbocycles. The highest BCUT2D eigenvalue weighted by Crippen LogP contribution is 2.48. The first kappa shape index (κ1) is 21.2. The van der Waals surface area contributed by atoms with Gasteiger partial charge in [-0.25, -0.2) is 4.76 Å². The maximum Gasteiger partial charge on any atom is 0.247 e. The van der Waals surface area contributed by atoms with E-state index in [1.807, 2.05) is 109 Å². The van der Waals surface area contributed by atoms with E-state index >= 15 is 0 Å². The van der Waals surface area contributed by atoms with Crippen LogP contribution in [0.2, 0.25) is 0 Å². The normalized spacial score (nSPS) is 16.6. The van der Waals surface area contributed by atoms with Gasteiger partial charge in [-0.1, -0.05) is 60.7 Å². The van der Waals surface area contributed by atoms with Crippen molar-refractivity contribution >= 4 is 23.6 Å². The third-order valence-corrected chi connectivity index (χ3v) is 8.37. The van der Waals surface area contributed by atoms with Crippen LogP contribution in [0.1, 0.15) is 17.0 Å². The van der Waals surface area contributed by atoms with Gasteiger partial charge in [-0.2, -0.15) is 0 Å². The van der Waals surface area contributed by atoms with E-state index < -0.39 is 7.29 Å². The Morgan fingerprint density at radius 2 is 1.36 bits per heavy atom. The summed E-state index contributed by atoms with van der Waals surface area (Å²) in [7, 11) is -1.66. The lowest BCUT2D eigenvalue weighted by molar-refractivity contribution is 0.302. The number of methoxy groups -OCH3 is 1. The van der Waals surface area contributed by atoms with Crippen molar-refractivity contribution in [1.82, 2.24) is 0 Å². The Bertz CT molecular complexity index is 1270. The lowest BCUT2D eigenvalue weighted by atomic mass is 9.88. The second kappa shape index (κ2) is 9.09. The summed E-state index contributed by atoms with van der Waals surface area (Å²) >= 11 is 0. The molecule has 1 aliphatic rings. The number of hydrogen-bond donors (Lipinski definition) is 0. The van der Waals surface area contributed by atoms with Gasteiger partial charge >= 0.3 is 0 Å². The molecule has 1 unspecified atom stereocenters. The zero-order valence-corrected chi connectivity index (χ0v) is 19.2. The number of ether oxygens (including phenoxy) is 2. The SMILES string of the molecule is COc1ccc(C2COc3ccccc3/C2=N/P(=O)(c2ccccc2)c2ccccc2)cc1. The first-order chi connectivity index (χ1) is 16.2. The maximum absolute atomic E-state index is 14.7. The van der Waals surface area contributed by atoms with E-state index in [-0.39, 0.29) is 5.92 Å². The van der Waals surface area contributed by atoms with Crippen molar-refractivity contribution in [3.63, 3.8) is 0 Å². The topological polar surface area (TPSA) is 47.9 Å². The van der Waals surface area contributed by atoms with Crippen LogP contribution < -0.4 is 20.1 Å². The van der Waals surface area contributed by atoms with Crippen LogP contribution in [0.15, 0.2) is 114 Å². The molecule has 4 aromatic carbocycles. The molecule has 0 radical (unpaired) electrons. The lowest BCUT2D eigenvalue weighted by Crippen LogP contribution is -2.28. The van der Waals surface area contributed by atoms with Crippen LogP contribution in [0.3, 0.4) is 0 Å². The molecule has 33 heavy (non-hydrogen) atoms. The number of rotatable bonds is 5. The summed E-state index contributed by atoms with van der Waals surface area (Å²) in [4.78, 5) is 0. The summed E-state index contributed by atoms with van der Waals surface area (Å²) in [5.74, 6) is 1.38. The number of para-hydroxylation sites is 1. The average Bonchev–Trinajstić information content (AvgIpc) is 2.90. The van der Waals surface area contributed by atoms with E-state index in [0.717, 1.165) is 28.3 Å². The molecule has 0 spiro atoms. The number of fused-ring (bicyclic) bond motifs is 1. The third-order valence-electron chi connectivity index (χ3n) is 5.88. The Balaban J connectivity index is 1.73. The fourth-order valence-electron chi connectivity index (χ4n) is 4.13. The van der Waals surface area contributed by atoms with Gasteiger partial charge in [-0.05, 0) is 54.1 Å². The molecule has 4 nitrogen and oxygen atoms in total. The molecule has 4 aromatic rings. The van der Waals surface area contributed by atoms with Crippen molar-refractivity contribution in [2.24, 2.45) is 4.76 Å². The molecule has 0 aromatic heterocycles. The van der Waals surface area contributed by atoms with Crippen molar-refractivity contribution in [3.05, 3.63) is 120 Å². The van der Waals surface area contributed by atoms with E-state index in [1.54, 1.807) is 7.11 Å². The van der Waals surface area contributed by atoms with Crippen molar-refractivity contribution in [3.8, 4) is 11.5 Å². The maximum atomic E-state index is 14.7. The number of nitrogens with zero attached hydrogens (tertiary/aromatic N) is 1. The summed E-state index contributed by atoms with van der Waals surface area (Å²) in [5, 5.41) is 1.42. The van der Waals surface area contributed by atoms with Crippen molar-refractivity contribution in [1.29, 1.82) is 0 Å². The Kier molecular flexibility index (Phi) is 5.85. The van der Waals surface area contributed by atoms with Crippen LogP contribution in [-0.2, 0) is 4.57 Å². The van der Waals surface area contributed by atoms with E-state index in [2.05, 4.69) is 0 Å². The van der Waals surface area contributed by atoms with E-state index in [9.17, 15) is 4.57 Å². The number of hydrogen-bond acceptors (Lipinski definition) is 3. The monoisotopic (exact) mass is 453 g/mol. The summed E-state index contributed by atoms with van der Waals surface area (Å²) < 4.78 is 31.3. The molecule has 1 heterocycles. The molecule has 0 bridgehead atoms. The van der Waals surface area contributed by atoms with Crippen molar-refractivity contribution in [2.75, 3.05) is 13.7 Å². The van der Waals surface area contributed by atoms with Gasteiger partial charge in [-0.3, -0.25) is 4.57 Å². The molecule has 1 atom stereocenters. The van der Waals surface area contributed by atoms with Crippen molar-refractivity contribution in [2.45, 2.75) is 5.92 Å². The summed E-state index contributed by atoms with van der Waals surface area (Å²) in [5.41, 5.74) is 2.69. The lowest BCUT2D eigenvalue weighted by Gasteiger charge is -2.29. The van der Waals surface area contributed by atoms with Crippen LogP contribution in [0, 0.1) is 0 Å². The molecule has 1 aliphatic heterocycles. The predicted octanol–water partition coefficient (Wildman–Crippen LogP) is 5.59. The van der Waals surface area contributed by atoms with E-state index in [0.29, 0.717) is 17.2 Å². The van der Waals surface area contributed by atoms with Gasteiger partial charge in [0.2, 0.25) is 7.29 Å². The standard InChI is InChI=1S/C28H24NO3P/c1-31-22-18-16-21(17-19-22)26-20-32-27-15-9-8-14-25(27)28(26)29-33(30,23-10-4-2-5-11-23)24-12-6-3-7-13-24/h2-19,26H,20H2,1H3/b29-28-. The Hall–Kier alpha value is -3.62. The summed E-state index contributed by atoms with van der Waals surface area (Å²) in [6.45, 7) is 0.422. The molecule has 0 amide bonds. The molecular formula is C28H24NO3P. The second-order valence-corrected chi connectivity index (χ2v) is 10.3. The fourth-order valence-corrected chi connectivity index (χ4v) is 6.37. The minimum Gasteiger partial charge on any atom is -0.497 e. The molecule has 0 N–H and O–H groups in total. The summed E-state index contributed by atoms with van der Waals surface area (Å²) in [6.07, 6.45) is 0. The minimum atomic E-state index is -3.31. The molecule has 5 heteroatoms. The van der Waals surface area contributed by atoms with Crippen LogP contribution >= 0.6 is 7.29 Å². The zero-order chi connectivity index (χ0) is 22.7. The van der Waals surface area contributed by atoms with Gasteiger partial charge < -0.3 is 9.47 Å². The molecule has 0 saturated heterocycles. The van der Waals surface area contributed by atoms with Gasteiger partial charge in [0.05, 0.1) is 18.7 Å². The highest BCUT2D eigenvalue weighted by Gasteiger charge is 2.34. The van der Waals surface area contributed by atoms with Gasteiger partial charge in [0, 0.05) is 16.2 Å². The van der Waals surface area contributed by atoms with Crippen LogP contribution in [0.25, 0.3) is 0 Å². The number of benzene rings is 4. The average molecular weight is 453 g/mol. The predicted molar refractivity (Wildman–Crippen MR) is 134 cm³/mol. The third kappa shape index (κ3) is 4.10. The second-order valence-electron chi connectivity index (χ2n) is 7.87. The molecular weight excluding hydrogens is 429 g/mol. The highest BCUT2D eigenvalue weighted by molar-refractivity contribution is 7.77. The smallest absolute Gasteiger partial charge is 0.247 e. The van der Waals surface area contributed by atoms with Gasteiger partial charge in [-0.15, -0.1) is 0 Å². The van der Waals surface area contributed by atoms with Crippen LogP contribution in [0.5, 0.6) is 11.5 Å². The van der Waals surface area contributed by atoms with Crippen LogP contribution in [-0.4, -0.2) is 19.4 Å². The fraction of sp³-hybridized carbons (Fsp3) is 0.107. The molecule has 164 valence electrons. The largest absolute Gasteiger partial charge is 0.497 e. The van der Waals surface area contributed by atoms with Crippen LogP contribution in [0.4, 0.5) is 0 Å². The van der Waals surface area contributed by atoms with Gasteiger partial charge in [0.1, 0.15) is 18.1 Å². The zero-order valence-electron chi connectivity index (χ0n) is 18.3. The molecule has 0 saturated carbocycles. The Morgan fingerprint density at radius 1 is 0.788 bits per heavy atom. The van der Waals surface area contributed by atoms with Gasteiger partial charge in [0.15, 0.2) is 0 Å².